The van der Waals surface area contributed by atoms with Crippen LogP contribution < -0.4 is 11.0 Å². The molecule has 39 heavy (non-hydrogen) atoms. The third-order valence-electron chi connectivity index (χ3n) is 6.00. The smallest absolute Gasteiger partial charge is 0.493 e. The molecular weight excluding hydrogens is 543 g/mol. The van der Waals surface area contributed by atoms with Gasteiger partial charge in [-0.15, -0.1) is 0 Å². The minimum absolute atomic E-state index is 0.0370. The van der Waals surface area contributed by atoms with Gasteiger partial charge in [0.2, 0.25) is 5.88 Å². The Morgan fingerprint density at radius 1 is 1.15 bits per heavy atom. The molecule has 0 spiro atoms. The molecule has 0 atom stereocenters. The Kier molecular flexibility index (Phi) is 9.07. The maximum atomic E-state index is 13.1. The quantitative estimate of drug-likeness (QED) is 0.379. The number of anilines is 1. The molecule has 0 bridgehead atoms. The number of likely N-dealkylation sites (N-methyl/N-ethyl adjacent to an activating group) is 1. The van der Waals surface area contributed by atoms with Crippen molar-refractivity contribution < 1.29 is 36.2 Å². The monoisotopic (exact) mass is 571 g/mol. The Hall–Kier alpha value is -3.85. The van der Waals surface area contributed by atoms with Gasteiger partial charge in [-0.1, -0.05) is 13.8 Å². The van der Waals surface area contributed by atoms with Gasteiger partial charge < -0.3 is 14.7 Å². The molecule has 0 saturated heterocycles. The van der Waals surface area contributed by atoms with Gasteiger partial charge in [0.05, 0.1) is 22.8 Å². The maximum Gasteiger partial charge on any atom is 0.501 e. The topological polar surface area (TPSA) is 136 Å². The Labute approximate surface area is 222 Å². The number of nitrogens with one attached hydrogen (secondary N) is 1. The zero-order chi connectivity index (χ0) is 29.0. The van der Waals surface area contributed by atoms with Crippen LogP contribution in [0.3, 0.4) is 0 Å². The number of alkyl halides is 3. The highest BCUT2D eigenvalue weighted by Crippen LogP contribution is 2.31. The SMILES string of the molecule is CCN(CC)CCOC(=O)Nc1cc(Cn2c(C)c(O)n(-c3ccc(S(=O)(=O)C(F)(F)F)cc3)c2=O)ccn1. The first kappa shape index (κ1) is 29.7. The van der Waals surface area contributed by atoms with E-state index < -0.39 is 37.9 Å². The number of imidazole rings is 1. The molecule has 3 rings (SSSR count). The van der Waals surface area contributed by atoms with E-state index in [1.165, 1.54) is 23.8 Å². The van der Waals surface area contributed by atoms with Crippen molar-refractivity contribution in [2.75, 3.05) is 31.6 Å². The van der Waals surface area contributed by atoms with Crippen molar-refractivity contribution >= 4 is 21.7 Å². The lowest BCUT2D eigenvalue weighted by Crippen LogP contribution is -2.28. The number of aromatic nitrogens is 3. The van der Waals surface area contributed by atoms with Gasteiger partial charge in [-0.25, -0.2) is 27.6 Å². The van der Waals surface area contributed by atoms with E-state index in [0.29, 0.717) is 24.2 Å². The molecule has 0 aliphatic heterocycles. The molecule has 212 valence electrons. The minimum Gasteiger partial charge on any atom is -0.493 e. The molecule has 2 heterocycles. The number of nitrogens with zero attached hydrogens (tertiary/aromatic N) is 4. The lowest BCUT2D eigenvalue weighted by Gasteiger charge is -2.17. The van der Waals surface area contributed by atoms with Crippen LogP contribution in [-0.4, -0.2) is 70.4 Å². The molecule has 1 amide bonds. The molecule has 15 heteroatoms. The van der Waals surface area contributed by atoms with Gasteiger partial charge in [0.25, 0.3) is 9.84 Å². The van der Waals surface area contributed by atoms with Crippen molar-refractivity contribution in [3.8, 4) is 11.6 Å². The van der Waals surface area contributed by atoms with Crippen LogP contribution in [0.1, 0.15) is 25.1 Å². The Morgan fingerprint density at radius 2 is 1.79 bits per heavy atom. The average Bonchev–Trinajstić information content (AvgIpc) is 3.09. The number of carbonyl (C=O) groups excluding carboxylic acids is 1. The summed E-state index contributed by atoms with van der Waals surface area (Å²) in [5.41, 5.74) is -5.55. The van der Waals surface area contributed by atoms with Crippen LogP contribution in [0.2, 0.25) is 0 Å². The first-order valence-electron chi connectivity index (χ1n) is 11.8. The number of carbonyl (C=O) groups is 1. The van der Waals surface area contributed by atoms with E-state index in [2.05, 4.69) is 15.2 Å². The molecule has 11 nitrogen and oxygen atoms in total. The van der Waals surface area contributed by atoms with Crippen LogP contribution in [0.25, 0.3) is 5.69 Å². The van der Waals surface area contributed by atoms with Crippen molar-refractivity contribution in [1.29, 1.82) is 0 Å². The number of benzene rings is 1. The van der Waals surface area contributed by atoms with Crippen molar-refractivity contribution in [2.45, 2.75) is 37.7 Å². The predicted octanol–water partition coefficient (Wildman–Crippen LogP) is 3.28. The van der Waals surface area contributed by atoms with E-state index in [0.717, 1.165) is 29.8 Å². The number of amides is 1. The third-order valence-corrected chi connectivity index (χ3v) is 7.50. The molecular formula is C24H28F3N5O6S. The molecule has 0 unspecified atom stereocenters. The van der Waals surface area contributed by atoms with Crippen LogP contribution in [0, 0.1) is 6.92 Å². The van der Waals surface area contributed by atoms with Crippen molar-refractivity contribution in [1.82, 2.24) is 19.0 Å². The van der Waals surface area contributed by atoms with Crippen LogP contribution >= 0.6 is 0 Å². The third kappa shape index (κ3) is 6.60. The van der Waals surface area contributed by atoms with Crippen LogP contribution in [0.5, 0.6) is 5.88 Å². The van der Waals surface area contributed by atoms with E-state index in [-0.39, 0.29) is 30.4 Å². The fourth-order valence-electron chi connectivity index (χ4n) is 3.74. The molecule has 0 aliphatic rings. The molecule has 1 aromatic carbocycles. The first-order chi connectivity index (χ1) is 18.3. The highest BCUT2D eigenvalue weighted by Gasteiger charge is 2.46. The number of pyridine rings is 1. The van der Waals surface area contributed by atoms with Crippen molar-refractivity contribution in [3.05, 3.63) is 64.3 Å². The van der Waals surface area contributed by atoms with Gasteiger partial charge in [0.1, 0.15) is 12.4 Å². The molecule has 2 aromatic heterocycles. The Morgan fingerprint density at radius 3 is 2.38 bits per heavy atom. The molecule has 0 saturated carbocycles. The summed E-state index contributed by atoms with van der Waals surface area (Å²) in [5, 5.41) is 13.1. The zero-order valence-corrected chi connectivity index (χ0v) is 22.2. The predicted molar refractivity (Wildman–Crippen MR) is 136 cm³/mol. The largest absolute Gasteiger partial charge is 0.501 e. The summed E-state index contributed by atoms with van der Waals surface area (Å²) in [6.07, 6.45) is 0.720. The van der Waals surface area contributed by atoms with Gasteiger partial charge in [-0.3, -0.25) is 9.88 Å². The van der Waals surface area contributed by atoms with Crippen molar-refractivity contribution in [3.63, 3.8) is 0 Å². The van der Waals surface area contributed by atoms with Crippen LogP contribution in [-0.2, 0) is 21.1 Å². The number of aromatic hydroxyl groups is 1. The van der Waals surface area contributed by atoms with E-state index in [1.807, 2.05) is 13.8 Å². The summed E-state index contributed by atoms with van der Waals surface area (Å²) in [6.45, 7) is 7.85. The highest BCUT2D eigenvalue weighted by molar-refractivity contribution is 7.92. The Balaban J connectivity index is 1.78. The second-order valence-corrected chi connectivity index (χ2v) is 10.3. The minimum atomic E-state index is -5.57. The number of rotatable bonds is 10. The molecule has 0 fully saturated rings. The summed E-state index contributed by atoms with van der Waals surface area (Å²) in [7, 11) is -5.57. The Bertz CT molecular complexity index is 1480. The second-order valence-electron chi connectivity index (χ2n) is 8.39. The average molecular weight is 572 g/mol. The number of hydrogen-bond acceptors (Lipinski definition) is 8. The number of hydrogen-bond donors (Lipinski definition) is 2. The second kappa shape index (κ2) is 11.9. The summed E-state index contributed by atoms with van der Waals surface area (Å²) in [5.74, 6) is -0.299. The fourth-order valence-corrected chi connectivity index (χ4v) is 4.50. The number of ether oxygens (including phenoxy) is 1. The zero-order valence-electron chi connectivity index (χ0n) is 21.4. The highest BCUT2D eigenvalue weighted by atomic mass is 32.2. The van der Waals surface area contributed by atoms with E-state index in [9.17, 15) is 36.3 Å². The van der Waals surface area contributed by atoms with Gasteiger partial charge in [-0.2, -0.15) is 13.2 Å². The summed E-state index contributed by atoms with van der Waals surface area (Å²) < 4.78 is 68.9. The summed E-state index contributed by atoms with van der Waals surface area (Å²) >= 11 is 0. The lowest BCUT2D eigenvalue weighted by molar-refractivity contribution is -0.0436. The van der Waals surface area contributed by atoms with Gasteiger partial charge in [-0.05, 0) is 62.0 Å². The summed E-state index contributed by atoms with van der Waals surface area (Å²) in [6, 6.07) is 6.50. The first-order valence-corrected chi connectivity index (χ1v) is 13.3. The maximum absolute atomic E-state index is 13.1. The van der Waals surface area contributed by atoms with Gasteiger partial charge in [0.15, 0.2) is 0 Å². The van der Waals surface area contributed by atoms with Gasteiger partial charge in [0, 0.05) is 12.7 Å². The van der Waals surface area contributed by atoms with Gasteiger partial charge >= 0.3 is 17.3 Å². The number of sulfone groups is 1. The standard InChI is InChI=1S/C24H28F3N5O6S/c1-4-30(5-2)12-13-38-22(34)29-20-14-17(10-11-28-20)15-31-16(3)21(33)32(23(31)35)18-6-8-19(9-7-18)39(36,37)24(25,26)27/h6-11,14,33H,4-5,12-13,15H2,1-3H3,(H,28,29,34). The molecule has 0 radical (unpaired) electrons. The van der Waals surface area contributed by atoms with Crippen LogP contribution in [0.4, 0.5) is 23.8 Å². The number of halogens is 3. The molecule has 3 aromatic rings. The van der Waals surface area contributed by atoms with E-state index in [4.69, 9.17) is 4.74 Å². The normalized spacial score (nSPS) is 12.1. The fraction of sp³-hybridized carbons (Fsp3) is 0.375. The molecule has 0 aliphatic carbocycles. The summed E-state index contributed by atoms with van der Waals surface area (Å²) in [4.78, 5) is 30.4. The van der Waals surface area contributed by atoms with E-state index >= 15 is 0 Å². The van der Waals surface area contributed by atoms with Crippen LogP contribution in [0.15, 0.2) is 52.3 Å². The molecule has 2 N–H and O–H groups in total. The lowest BCUT2D eigenvalue weighted by atomic mass is 10.2. The van der Waals surface area contributed by atoms with Crippen molar-refractivity contribution in [2.24, 2.45) is 0 Å². The van der Waals surface area contributed by atoms with E-state index in [1.54, 1.807) is 6.07 Å².